The van der Waals surface area contributed by atoms with Crippen molar-refractivity contribution in [2.75, 3.05) is 6.54 Å². The van der Waals surface area contributed by atoms with Crippen LogP contribution in [0.4, 0.5) is 4.39 Å². The molecule has 0 saturated carbocycles. The molecule has 0 amide bonds. The highest BCUT2D eigenvalue weighted by Gasteiger charge is 2.21. The molecule has 1 rings (SSSR count). The number of halogens is 1. The molecule has 0 aliphatic heterocycles. The fraction of sp³-hybridized carbons (Fsp3) is 0.600. The summed E-state index contributed by atoms with van der Waals surface area (Å²) in [7, 11) is 0. The van der Waals surface area contributed by atoms with Crippen molar-refractivity contribution < 1.29 is 4.39 Å². The third-order valence-electron chi connectivity index (χ3n) is 3.01. The lowest BCUT2D eigenvalue weighted by Crippen LogP contribution is -2.32. The van der Waals surface area contributed by atoms with Gasteiger partial charge in [0.2, 0.25) is 0 Å². The van der Waals surface area contributed by atoms with E-state index in [2.05, 4.69) is 33.0 Å². The van der Waals surface area contributed by atoms with E-state index >= 15 is 0 Å². The summed E-state index contributed by atoms with van der Waals surface area (Å²) in [5, 5.41) is 3.44. The minimum atomic E-state index is -0.160. The second-order valence-corrected chi connectivity index (χ2v) is 5.63. The fourth-order valence-corrected chi connectivity index (χ4v) is 2.48. The van der Waals surface area contributed by atoms with Gasteiger partial charge < -0.3 is 5.32 Å². The van der Waals surface area contributed by atoms with Gasteiger partial charge in [-0.3, -0.25) is 0 Å². The monoisotopic (exact) mass is 237 g/mol. The highest BCUT2D eigenvalue weighted by atomic mass is 19.1. The minimum absolute atomic E-state index is 0.160. The van der Waals surface area contributed by atoms with Crippen LogP contribution in [0.5, 0.6) is 0 Å². The number of benzene rings is 1. The molecule has 1 unspecified atom stereocenters. The molecule has 0 fully saturated rings. The molecule has 0 aliphatic carbocycles. The summed E-state index contributed by atoms with van der Waals surface area (Å²) >= 11 is 0. The molecule has 0 radical (unpaired) electrons. The van der Waals surface area contributed by atoms with E-state index in [0.717, 1.165) is 19.4 Å². The lowest BCUT2D eigenvalue weighted by molar-refractivity contribution is 0.289. The molecule has 0 saturated heterocycles. The van der Waals surface area contributed by atoms with Gasteiger partial charge in [-0.15, -0.1) is 0 Å². The zero-order chi connectivity index (χ0) is 12.9. The van der Waals surface area contributed by atoms with Gasteiger partial charge in [-0.05, 0) is 49.4 Å². The Labute approximate surface area is 104 Å². The quantitative estimate of drug-likeness (QED) is 0.794. The van der Waals surface area contributed by atoms with Gasteiger partial charge in [0.15, 0.2) is 0 Å². The summed E-state index contributed by atoms with van der Waals surface area (Å²) in [6.07, 6.45) is 2.11. The molecule has 1 N–H and O–H groups in total. The van der Waals surface area contributed by atoms with E-state index in [1.54, 1.807) is 12.1 Å². The fourth-order valence-electron chi connectivity index (χ4n) is 2.48. The Bertz CT molecular complexity index is 329. The van der Waals surface area contributed by atoms with Crippen LogP contribution in [0.3, 0.4) is 0 Å². The molecule has 96 valence electrons. The lowest BCUT2D eigenvalue weighted by atomic mass is 9.80. The Morgan fingerprint density at radius 1 is 1.24 bits per heavy atom. The largest absolute Gasteiger partial charge is 0.315 e. The molecule has 0 bridgehead atoms. The molecule has 1 aromatic rings. The van der Waals surface area contributed by atoms with Gasteiger partial charge >= 0.3 is 0 Å². The van der Waals surface area contributed by atoms with Crippen LogP contribution in [0.25, 0.3) is 0 Å². The number of nitrogens with one attached hydrogen (secondary N) is 1. The Morgan fingerprint density at radius 3 is 2.35 bits per heavy atom. The van der Waals surface area contributed by atoms with E-state index in [1.807, 2.05) is 12.1 Å². The Morgan fingerprint density at radius 2 is 1.82 bits per heavy atom. The molecular formula is C15H24FN. The van der Waals surface area contributed by atoms with Crippen LogP contribution in [0.2, 0.25) is 0 Å². The van der Waals surface area contributed by atoms with E-state index in [-0.39, 0.29) is 11.2 Å². The first-order valence-electron chi connectivity index (χ1n) is 6.41. The van der Waals surface area contributed by atoms with E-state index in [1.165, 1.54) is 5.56 Å². The van der Waals surface area contributed by atoms with Gasteiger partial charge in [0.25, 0.3) is 0 Å². The molecule has 1 atom stereocenters. The van der Waals surface area contributed by atoms with Crippen molar-refractivity contribution in [1.29, 1.82) is 0 Å². The van der Waals surface area contributed by atoms with Crippen LogP contribution in [-0.2, 0) is 6.42 Å². The van der Waals surface area contributed by atoms with Crippen molar-refractivity contribution in [3.63, 3.8) is 0 Å². The molecular weight excluding hydrogens is 213 g/mol. The predicted octanol–water partition coefficient (Wildman–Crippen LogP) is 3.78. The Hall–Kier alpha value is -0.890. The van der Waals surface area contributed by atoms with E-state index < -0.39 is 0 Å². The topological polar surface area (TPSA) is 12.0 Å². The summed E-state index contributed by atoms with van der Waals surface area (Å²) in [6, 6.07) is 7.37. The normalized spacial score (nSPS) is 13.7. The molecule has 0 spiro atoms. The summed E-state index contributed by atoms with van der Waals surface area (Å²) in [5.41, 5.74) is 1.44. The van der Waals surface area contributed by atoms with E-state index in [9.17, 15) is 4.39 Å². The lowest BCUT2D eigenvalue weighted by Gasteiger charge is -2.28. The zero-order valence-corrected chi connectivity index (χ0v) is 11.4. The maximum Gasteiger partial charge on any atom is 0.123 e. The van der Waals surface area contributed by atoms with Crippen molar-refractivity contribution >= 4 is 0 Å². The van der Waals surface area contributed by atoms with Crippen LogP contribution < -0.4 is 5.32 Å². The van der Waals surface area contributed by atoms with Crippen molar-refractivity contribution in [3.05, 3.63) is 35.6 Å². The van der Waals surface area contributed by atoms with Crippen LogP contribution in [-0.4, -0.2) is 12.6 Å². The van der Waals surface area contributed by atoms with Crippen molar-refractivity contribution in [3.8, 4) is 0 Å². The average Bonchev–Trinajstić information content (AvgIpc) is 2.20. The number of rotatable bonds is 6. The Balaban J connectivity index is 2.56. The van der Waals surface area contributed by atoms with Gasteiger partial charge in [-0.1, -0.05) is 32.9 Å². The van der Waals surface area contributed by atoms with Gasteiger partial charge in [0, 0.05) is 6.04 Å². The highest BCUT2D eigenvalue weighted by molar-refractivity contribution is 5.17. The van der Waals surface area contributed by atoms with Crippen LogP contribution >= 0.6 is 0 Å². The molecule has 0 heterocycles. The van der Waals surface area contributed by atoms with Crippen LogP contribution in [0, 0.1) is 11.2 Å². The van der Waals surface area contributed by atoms with Gasteiger partial charge in [-0.25, -0.2) is 4.39 Å². The summed E-state index contributed by atoms with van der Waals surface area (Å²) in [4.78, 5) is 0. The molecule has 17 heavy (non-hydrogen) atoms. The maximum atomic E-state index is 12.8. The molecule has 1 nitrogen and oxygen atoms in total. The van der Waals surface area contributed by atoms with Crippen molar-refractivity contribution in [2.45, 2.75) is 46.6 Å². The first-order valence-corrected chi connectivity index (χ1v) is 6.41. The SMILES string of the molecule is CCNC(C)CC(C)(C)Cc1ccc(F)cc1. The maximum absolute atomic E-state index is 12.8. The van der Waals surface area contributed by atoms with Crippen molar-refractivity contribution in [2.24, 2.45) is 5.41 Å². The van der Waals surface area contributed by atoms with Crippen molar-refractivity contribution in [1.82, 2.24) is 5.32 Å². The molecule has 1 aromatic carbocycles. The summed E-state index contributed by atoms with van der Waals surface area (Å²) in [5.74, 6) is -0.160. The third kappa shape index (κ3) is 5.31. The average molecular weight is 237 g/mol. The molecule has 2 heteroatoms. The first-order chi connectivity index (χ1) is 7.93. The standard InChI is InChI=1S/C15H24FN/c1-5-17-12(2)10-15(3,4)11-13-6-8-14(16)9-7-13/h6-9,12,17H,5,10-11H2,1-4H3. The summed E-state index contributed by atoms with van der Waals surface area (Å²) in [6.45, 7) is 9.89. The molecule has 0 aliphatic rings. The second kappa shape index (κ2) is 6.15. The second-order valence-electron chi connectivity index (χ2n) is 5.63. The minimum Gasteiger partial charge on any atom is -0.315 e. The first kappa shape index (κ1) is 14.2. The van der Waals surface area contributed by atoms with Gasteiger partial charge in [-0.2, -0.15) is 0 Å². The van der Waals surface area contributed by atoms with Crippen LogP contribution in [0.15, 0.2) is 24.3 Å². The van der Waals surface area contributed by atoms with E-state index in [4.69, 9.17) is 0 Å². The van der Waals surface area contributed by atoms with E-state index in [0.29, 0.717) is 6.04 Å². The number of hydrogen-bond acceptors (Lipinski definition) is 1. The summed E-state index contributed by atoms with van der Waals surface area (Å²) < 4.78 is 12.8. The zero-order valence-electron chi connectivity index (χ0n) is 11.4. The highest BCUT2D eigenvalue weighted by Crippen LogP contribution is 2.27. The van der Waals surface area contributed by atoms with Crippen LogP contribution in [0.1, 0.15) is 39.7 Å². The van der Waals surface area contributed by atoms with Gasteiger partial charge in [0.05, 0.1) is 0 Å². The van der Waals surface area contributed by atoms with Gasteiger partial charge in [0.1, 0.15) is 5.82 Å². The third-order valence-corrected chi connectivity index (χ3v) is 3.01. The predicted molar refractivity (Wildman–Crippen MR) is 71.6 cm³/mol. The Kier molecular flexibility index (Phi) is 5.13. The molecule has 0 aromatic heterocycles. The smallest absolute Gasteiger partial charge is 0.123 e. The number of hydrogen-bond donors (Lipinski definition) is 1.